The lowest BCUT2D eigenvalue weighted by Crippen LogP contribution is -2.35. The van der Waals surface area contributed by atoms with Gasteiger partial charge in [0.2, 0.25) is 0 Å². The van der Waals surface area contributed by atoms with Crippen molar-refractivity contribution in [1.29, 1.82) is 0 Å². The van der Waals surface area contributed by atoms with Crippen molar-refractivity contribution in [2.24, 2.45) is 0 Å². The van der Waals surface area contributed by atoms with Crippen LogP contribution >= 0.6 is 23.2 Å². The molecule has 0 amide bonds. The van der Waals surface area contributed by atoms with Crippen molar-refractivity contribution in [1.82, 2.24) is 9.78 Å². The first-order valence-corrected chi connectivity index (χ1v) is 9.05. The third-order valence-corrected chi connectivity index (χ3v) is 5.32. The Morgan fingerprint density at radius 2 is 1.83 bits per heavy atom. The maximum absolute atomic E-state index is 12.6. The molecule has 1 aromatic carbocycles. The number of benzene rings is 1. The van der Waals surface area contributed by atoms with E-state index in [1.165, 1.54) is 23.9 Å². The van der Waals surface area contributed by atoms with Crippen LogP contribution in [0.2, 0.25) is 10.0 Å². The summed E-state index contributed by atoms with van der Waals surface area (Å²) in [4.78, 5) is 14.7. The molecule has 6 heteroatoms. The predicted molar refractivity (Wildman–Crippen MR) is 99.3 cm³/mol. The van der Waals surface area contributed by atoms with Crippen LogP contribution in [0.15, 0.2) is 35.3 Å². The molecule has 1 aliphatic rings. The summed E-state index contributed by atoms with van der Waals surface area (Å²) in [6.07, 6.45) is 7.73. The first kappa shape index (κ1) is 17.3. The van der Waals surface area contributed by atoms with Gasteiger partial charge in [-0.05, 0) is 30.5 Å². The maximum atomic E-state index is 12.6. The fourth-order valence-corrected chi connectivity index (χ4v) is 3.65. The maximum Gasteiger partial charge on any atom is 0.287 e. The molecule has 0 unspecified atom stereocenters. The van der Waals surface area contributed by atoms with E-state index >= 15 is 0 Å². The fourth-order valence-electron chi connectivity index (χ4n) is 3.24. The van der Waals surface area contributed by atoms with Crippen LogP contribution in [0.5, 0.6) is 0 Å². The number of hydrogen-bond donors (Lipinski definition) is 0. The van der Waals surface area contributed by atoms with E-state index in [1.807, 2.05) is 19.2 Å². The van der Waals surface area contributed by atoms with Crippen LogP contribution in [-0.2, 0) is 6.54 Å². The first-order valence-electron chi connectivity index (χ1n) is 8.29. The zero-order valence-electron chi connectivity index (χ0n) is 13.7. The molecule has 1 aromatic heterocycles. The van der Waals surface area contributed by atoms with E-state index in [-0.39, 0.29) is 10.6 Å². The summed E-state index contributed by atoms with van der Waals surface area (Å²) in [7, 11) is 2.00. The van der Waals surface area contributed by atoms with Crippen LogP contribution in [0.4, 0.5) is 5.69 Å². The molecule has 0 saturated heterocycles. The van der Waals surface area contributed by atoms with Gasteiger partial charge in [-0.1, -0.05) is 54.6 Å². The second kappa shape index (κ2) is 7.58. The van der Waals surface area contributed by atoms with Gasteiger partial charge in [-0.15, -0.1) is 0 Å². The summed E-state index contributed by atoms with van der Waals surface area (Å²) < 4.78 is 1.39. The molecule has 1 aliphatic carbocycles. The molecular formula is C18H21Cl2N3O. The van der Waals surface area contributed by atoms with Gasteiger partial charge in [0.05, 0.1) is 18.4 Å². The zero-order valence-corrected chi connectivity index (χ0v) is 15.2. The second-order valence-electron chi connectivity index (χ2n) is 6.34. The van der Waals surface area contributed by atoms with Gasteiger partial charge >= 0.3 is 0 Å². The first-order chi connectivity index (χ1) is 11.6. The number of anilines is 1. The van der Waals surface area contributed by atoms with Gasteiger partial charge in [0.15, 0.2) is 0 Å². The molecule has 24 heavy (non-hydrogen) atoms. The van der Waals surface area contributed by atoms with Crippen molar-refractivity contribution in [3.05, 3.63) is 56.4 Å². The fraction of sp³-hybridized carbons (Fsp3) is 0.444. The zero-order chi connectivity index (χ0) is 17.1. The van der Waals surface area contributed by atoms with Crippen LogP contribution in [-0.4, -0.2) is 22.9 Å². The van der Waals surface area contributed by atoms with Crippen LogP contribution in [0.3, 0.4) is 0 Å². The Balaban J connectivity index is 1.83. The van der Waals surface area contributed by atoms with Crippen molar-refractivity contribution >= 4 is 28.9 Å². The summed E-state index contributed by atoms with van der Waals surface area (Å²) in [5.41, 5.74) is 1.42. The summed E-state index contributed by atoms with van der Waals surface area (Å²) >= 11 is 12.3. The minimum atomic E-state index is -0.258. The van der Waals surface area contributed by atoms with Crippen molar-refractivity contribution in [2.45, 2.75) is 44.7 Å². The molecule has 0 radical (unpaired) electrons. The molecule has 0 spiro atoms. The molecule has 1 fully saturated rings. The van der Waals surface area contributed by atoms with Crippen molar-refractivity contribution in [2.75, 3.05) is 11.9 Å². The summed E-state index contributed by atoms with van der Waals surface area (Å²) in [5.74, 6) is 0. The molecule has 0 aliphatic heterocycles. The van der Waals surface area contributed by atoms with E-state index in [9.17, 15) is 4.79 Å². The summed E-state index contributed by atoms with van der Waals surface area (Å²) in [5, 5.41) is 5.23. The molecule has 128 valence electrons. The quantitative estimate of drug-likeness (QED) is 0.807. The highest BCUT2D eigenvalue weighted by molar-refractivity contribution is 6.33. The Labute approximate surface area is 152 Å². The Hall–Kier alpha value is -1.52. The minimum absolute atomic E-state index is 0.243. The third kappa shape index (κ3) is 3.76. The van der Waals surface area contributed by atoms with Crippen molar-refractivity contribution in [3.8, 4) is 0 Å². The number of rotatable bonds is 4. The van der Waals surface area contributed by atoms with Gasteiger partial charge in [-0.2, -0.15) is 5.10 Å². The standard InChI is InChI=1S/C18H21Cl2N3O/c1-22(15-5-3-2-4-6-15)16-11-21-23(18(24)17(16)20)12-13-7-9-14(19)10-8-13/h7-11,15H,2-6,12H2,1H3. The van der Waals surface area contributed by atoms with E-state index in [4.69, 9.17) is 23.2 Å². The van der Waals surface area contributed by atoms with E-state index < -0.39 is 0 Å². The van der Waals surface area contributed by atoms with Gasteiger partial charge in [0, 0.05) is 18.1 Å². The second-order valence-corrected chi connectivity index (χ2v) is 7.15. The molecule has 0 N–H and O–H groups in total. The number of halogens is 2. The predicted octanol–water partition coefficient (Wildman–Crippen LogP) is 4.37. The normalized spacial score (nSPS) is 15.5. The Morgan fingerprint density at radius 3 is 2.50 bits per heavy atom. The Kier molecular flexibility index (Phi) is 5.47. The van der Waals surface area contributed by atoms with Gasteiger partial charge in [0.25, 0.3) is 5.56 Å². The van der Waals surface area contributed by atoms with Gasteiger partial charge in [-0.25, -0.2) is 4.68 Å². The van der Waals surface area contributed by atoms with Gasteiger partial charge in [0.1, 0.15) is 5.02 Å². The van der Waals surface area contributed by atoms with E-state index in [2.05, 4.69) is 10.00 Å². The highest BCUT2D eigenvalue weighted by Crippen LogP contribution is 2.28. The average molecular weight is 366 g/mol. The van der Waals surface area contributed by atoms with Gasteiger partial charge in [-0.3, -0.25) is 4.79 Å². The van der Waals surface area contributed by atoms with Crippen LogP contribution in [0.25, 0.3) is 0 Å². The van der Waals surface area contributed by atoms with E-state index in [0.29, 0.717) is 17.6 Å². The number of hydrogen-bond acceptors (Lipinski definition) is 3. The smallest absolute Gasteiger partial charge is 0.287 e. The molecule has 2 aromatic rings. The Bertz CT molecular complexity index is 752. The number of nitrogens with zero attached hydrogens (tertiary/aromatic N) is 3. The van der Waals surface area contributed by atoms with Crippen molar-refractivity contribution in [3.63, 3.8) is 0 Å². The highest BCUT2D eigenvalue weighted by atomic mass is 35.5. The lowest BCUT2D eigenvalue weighted by molar-refractivity contribution is 0.427. The van der Waals surface area contributed by atoms with Crippen LogP contribution < -0.4 is 10.5 Å². The molecule has 0 atom stereocenters. The molecular weight excluding hydrogens is 345 g/mol. The van der Waals surface area contributed by atoms with Gasteiger partial charge < -0.3 is 4.90 Å². The molecule has 1 saturated carbocycles. The average Bonchev–Trinajstić information content (AvgIpc) is 2.61. The number of aromatic nitrogens is 2. The summed E-state index contributed by atoms with van der Waals surface area (Å²) in [6, 6.07) is 7.80. The molecule has 1 heterocycles. The van der Waals surface area contributed by atoms with Crippen molar-refractivity contribution < 1.29 is 0 Å². The largest absolute Gasteiger partial charge is 0.369 e. The Morgan fingerprint density at radius 1 is 1.17 bits per heavy atom. The minimum Gasteiger partial charge on any atom is -0.369 e. The third-order valence-electron chi connectivity index (χ3n) is 4.71. The summed E-state index contributed by atoms with van der Waals surface area (Å²) in [6.45, 7) is 0.378. The van der Waals surface area contributed by atoms with E-state index in [0.717, 1.165) is 24.1 Å². The van der Waals surface area contributed by atoms with E-state index in [1.54, 1.807) is 18.3 Å². The lowest BCUT2D eigenvalue weighted by atomic mass is 9.94. The molecule has 3 rings (SSSR count). The highest BCUT2D eigenvalue weighted by Gasteiger charge is 2.22. The van der Waals surface area contributed by atoms with Crippen LogP contribution in [0.1, 0.15) is 37.7 Å². The molecule has 0 bridgehead atoms. The lowest BCUT2D eigenvalue weighted by Gasteiger charge is -2.33. The SMILES string of the molecule is CN(c1cnn(Cc2ccc(Cl)cc2)c(=O)c1Cl)C1CCCCC1. The molecule has 4 nitrogen and oxygen atoms in total. The topological polar surface area (TPSA) is 38.1 Å². The monoisotopic (exact) mass is 365 g/mol. The van der Waals surface area contributed by atoms with Crippen LogP contribution in [0, 0.1) is 0 Å².